The third kappa shape index (κ3) is 3.36. The zero-order chi connectivity index (χ0) is 15.6. The van der Waals surface area contributed by atoms with E-state index in [1.54, 1.807) is 18.4 Å². The van der Waals surface area contributed by atoms with Crippen molar-refractivity contribution in [1.82, 2.24) is 0 Å². The van der Waals surface area contributed by atoms with Gasteiger partial charge in [-0.15, -0.1) is 0 Å². The first-order valence-electron chi connectivity index (χ1n) is 6.51. The second kappa shape index (κ2) is 5.93. The lowest BCUT2D eigenvalue weighted by molar-refractivity contribution is -0.137. The minimum Gasteiger partial charge on any atom is -0.464 e. The molecule has 0 aliphatic carbocycles. The SMILES string of the molecule is FC(F)(F)c1cccc(Sc2ccc(-c3ccco3)cc2)c1. The van der Waals surface area contributed by atoms with E-state index in [-0.39, 0.29) is 0 Å². The predicted molar refractivity (Wildman–Crippen MR) is 79.7 cm³/mol. The molecular weight excluding hydrogens is 309 g/mol. The van der Waals surface area contributed by atoms with E-state index in [0.717, 1.165) is 28.4 Å². The Morgan fingerprint density at radius 2 is 1.59 bits per heavy atom. The zero-order valence-corrected chi connectivity index (χ0v) is 12.1. The molecule has 112 valence electrons. The van der Waals surface area contributed by atoms with E-state index in [0.29, 0.717) is 4.90 Å². The molecule has 0 aliphatic heterocycles. The summed E-state index contributed by atoms with van der Waals surface area (Å²) < 4.78 is 43.4. The maximum atomic E-state index is 12.7. The summed E-state index contributed by atoms with van der Waals surface area (Å²) in [4.78, 5) is 1.43. The first-order chi connectivity index (χ1) is 10.5. The van der Waals surface area contributed by atoms with Gasteiger partial charge in [0.2, 0.25) is 0 Å². The Balaban J connectivity index is 1.79. The standard InChI is InChI=1S/C17H11F3OS/c18-17(19,20)13-3-1-4-15(11-13)22-14-8-6-12(7-9-14)16-5-2-10-21-16/h1-11H. The van der Waals surface area contributed by atoms with E-state index in [9.17, 15) is 13.2 Å². The van der Waals surface area contributed by atoms with Crippen molar-refractivity contribution in [3.8, 4) is 11.3 Å². The average molecular weight is 320 g/mol. The van der Waals surface area contributed by atoms with Crippen molar-refractivity contribution in [2.75, 3.05) is 0 Å². The maximum absolute atomic E-state index is 12.7. The molecule has 0 unspecified atom stereocenters. The predicted octanol–water partition coefficient (Wildman–Crippen LogP) is 6.12. The highest BCUT2D eigenvalue weighted by Gasteiger charge is 2.30. The molecule has 0 fully saturated rings. The van der Waals surface area contributed by atoms with Crippen molar-refractivity contribution in [3.63, 3.8) is 0 Å². The van der Waals surface area contributed by atoms with Crippen LogP contribution in [0.2, 0.25) is 0 Å². The third-order valence-corrected chi connectivity index (χ3v) is 4.05. The molecule has 0 N–H and O–H groups in total. The van der Waals surface area contributed by atoms with Gasteiger partial charge in [-0.25, -0.2) is 0 Å². The van der Waals surface area contributed by atoms with Crippen LogP contribution in [-0.2, 0) is 6.18 Å². The molecule has 3 aromatic rings. The van der Waals surface area contributed by atoms with E-state index in [4.69, 9.17) is 4.42 Å². The minimum absolute atomic E-state index is 0.556. The van der Waals surface area contributed by atoms with Gasteiger partial charge < -0.3 is 4.42 Å². The number of rotatable bonds is 3. The number of alkyl halides is 3. The molecule has 0 bridgehead atoms. The molecule has 2 aromatic carbocycles. The third-order valence-electron chi connectivity index (χ3n) is 3.06. The summed E-state index contributed by atoms with van der Waals surface area (Å²) in [7, 11) is 0. The van der Waals surface area contributed by atoms with E-state index < -0.39 is 11.7 Å². The second-order valence-electron chi connectivity index (χ2n) is 4.63. The van der Waals surface area contributed by atoms with E-state index in [1.807, 2.05) is 30.3 Å². The molecule has 0 atom stereocenters. The van der Waals surface area contributed by atoms with Gasteiger partial charge in [-0.2, -0.15) is 13.2 Å². The molecule has 0 aliphatic rings. The van der Waals surface area contributed by atoms with Crippen LogP contribution in [0.15, 0.2) is 81.1 Å². The lowest BCUT2D eigenvalue weighted by atomic mass is 10.2. The van der Waals surface area contributed by atoms with Gasteiger partial charge in [-0.05, 0) is 42.5 Å². The summed E-state index contributed by atoms with van der Waals surface area (Å²) in [5, 5.41) is 0. The first kappa shape index (κ1) is 14.8. The van der Waals surface area contributed by atoms with E-state index >= 15 is 0 Å². The molecule has 0 saturated carbocycles. The Kier molecular flexibility index (Phi) is 3.98. The molecule has 1 aromatic heterocycles. The van der Waals surface area contributed by atoms with Crippen LogP contribution >= 0.6 is 11.8 Å². The summed E-state index contributed by atoms with van der Waals surface area (Å²) in [5.41, 5.74) is 0.295. The highest BCUT2D eigenvalue weighted by molar-refractivity contribution is 7.99. The summed E-state index contributed by atoms with van der Waals surface area (Å²) in [6.07, 6.45) is -2.72. The molecule has 22 heavy (non-hydrogen) atoms. The Morgan fingerprint density at radius 1 is 0.818 bits per heavy atom. The van der Waals surface area contributed by atoms with Gasteiger partial charge >= 0.3 is 6.18 Å². The van der Waals surface area contributed by atoms with Crippen LogP contribution in [0.3, 0.4) is 0 Å². The maximum Gasteiger partial charge on any atom is 0.416 e. The normalized spacial score (nSPS) is 11.6. The molecule has 3 rings (SSSR count). The second-order valence-corrected chi connectivity index (χ2v) is 5.78. The van der Waals surface area contributed by atoms with Crippen LogP contribution in [0.5, 0.6) is 0 Å². The van der Waals surface area contributed by atoms with Gasteiger partial charge in [0.1, 0.15) is 5.76 Å². The van der Waals surface area contributed by atoms with Gasteiger partial charge in [0.05, 0.1) is 11.8 Å². The number of benzene rings is 2. The van der Waals surface area contributed by atoms with Crippen molar-refractivity contribution in [3.05, 3.63) is 72.5 Å². The Labute approximate surface area is 129 Å². The summed E-state index contributed by atoms with van der Waals surface area (Å²) in [6.45, 7) is 0. The lowest BCUT2D eigenvalue weighted by Crippen LogP contribution is -2.04. The fraction of sp³-hybridized carbons (Fsp3) is 0.0588. The Bertz CT molecular complexity index is 746. The Hall–Kier alpha value is -2.14. The fourth-order valence-electron chi connectivity index (χ4n) is 2.00. The number of halogens is 3. The van der Waals surface area contributed by atoms with Gasteiger partial charge in [0.25, 0.3) is 0 Å². The summed E-state index contributed by atoms with van der Waals surface area (Å²) in [6, 6.07) is 16.5. The van der Waals surface area contributed by atoms with Crippen LogP contribution in [0.1, 0.15) is 5.56 Å². The topological polar surface area (TPSA) is 13.1 Å². The van der Waals surface area contributed by atoms with Gasteiger partial charge in [-0.3, -0.25) is 0 Å². The smallest absolute Gasteiger partial charge is 0.416 e. The van der Waals surface area contributed by atoms with Crippen LogP contribution in [0.25, 0.3) is 11.3 Å². The van der Waals surface area contributed by atoms with E-state index in [2.05, 4.69) is 0 Å². The number of hydrogen-bond donors (Lipinski definition) is 0. The average Bonchev–Trinajstić information content (AvgIpc) is 3.02. The van der Waals surface area contributed by atoms with Crippen molar-refractivity contribution >= 4 is 11.8 Å². The van der Waals surface area contributed by atoms with Crippen molar-refractivity contribution in [2.45, 2.75) is 16.0 Å². The van der Waals surface area contributed by atoms with Crippen molar-refractivity contribution in [1.29, 1.82) is 0 Å². The molecular formula is C17H11F3OS. The van der Waals surface area contributed by atoms with Crippen LogP contribution in [0, 0.1) is 0 Å². The minimum atomic E-state index is -4.32. The first-order valence-corrected chi connectivity index (χ1v) is 7.33. The van der Waals surface area contributed by atoms with E-state index in [1.165, 1.54) is 17.8 Å². The quantitative estimate of drug-likeness (QED) is 0.577. The molecule has 1 heterocycles. The number of furan rings is 1. The largest absolute Gasteiger partial charge is 0.464 e. The van der Waals surface area contributed by atoms with Crippen LogP contribution in [0.4, 0.5) is 13.2 Å². The summed E-state index contributed by atoms with van der Waals surface area (Å²) >= 11 is 1.29. The van der Waals surface area contributed by atoms with Crippen LogP contribution in [-0.4, -0.2) is 0 Å². The molecule has 1 nitrogen and oxygen atoms in total. The number of hydrogen-bond acceptors (Lipinski definition) is 2. The monoisotopic (exact) mass is 320 g/mol. The lowest BCUT2D eigenvalue weighted by Gasteiger charge is -2.08. The van der Waals surface area contributed by atoms with Gasteiger partial charge in [0.15, 0.2) is 0 Å². The molecule has 0 radical (unpaired) electrons. The molecule has 5 heteroatoms. The molecule has 0 spiro atoms. The summed E-state index contributed by atoms with van der Waals surface area (Å²) in [5.74, 6) is 0.760. The molecule has 0 amide bonds. The van der Waals surface area contributed by atoms with Crippen molar-refractivity contribution < 1.29 is 17.6 Å². The Morgan fingerprint density at radius 3 is 2.23 bits per heavy atom. The van der Waals surface area contributed by atoms with Gasteiger partial charge in [0, 0.05) is 15.4 Å². The van der Waals surface area contributed by atoms with Crippen LogP contribution < -0.4 is 0 Å². The van der Waals surface area contributed by atoms with Gasteiger partial charge in [-0.1, -0.05) is 30.0 Å². The highest BCUT2D eigenvalue weighted by Crippen LogP contribution is 2.35. The van der Waals surface area contributed by atoms with Crippen molar-refractivity contribution in [2.24, 2.45) is 0 Å². The molecule has 0 saturated heterocycles. The highest BCUT2D eigenvalue weighted by atomic mass is 32.2. The zero-order valence-electron chi connectivity index (χ0n) is 11.3. The fourth-order valence-corrected chi connectivity index (χ4v) is 2.88.